The third-order valence-electron chi connectivity index (χ3n) is 4.89. The van der Waals surface area contributed by atoms with Gasteiger partial charge in [-0.25, -0.2) is 4.98 Å². The van der Waals surface area contributed by atoms with Crippen LogP contribution in [0.25, 0.3) is 22.6 Å². The van der Waals surface area contributed by atoms with E-state index in [9.17, 15) is 4.79 Å². The third kappa shape index (κ3) is 3.72. The number of carbonyl (C=O) groups excluding carboxylic acids is 1. The molecule has 146 valence electrons. The van der Waals surface area contributed by atoms with E-state index in [4.69, 9.17) is 9.15 Å². The number of amides is 1. The Morgan fingerprint density at radius 2 is 1.93 bits per heavy atom. The minimum Gasteiger partial charge on any atom is -0.496 e. The predicted molar refractivity (Wildman–Crippen MR) is 115 cm³/mol. The lowest BCUT2D eigenvalue weighted by atomic mass is 10.1. The number of rotatable bonds is 5. The van der Waals surface area contributed by atoms with Gasteiger partial charge in [0.15, 0.2) is 5.58 Å². The van der Waals surface area contributed by atoms with Gasteiger partial charge in [0.25, 0.3) is 5.91 Å². The topological polar surface area (TPSA) is 64.4 Å². The van der Waals surface area contributed by atoms with Gasteiger partial charge in [0, 0.05) is 11.3 Å². The van der Waals surface area contributed by atoms with Crippen molar-refractivity contribution in [3.63, 3.8) is 0 Å². The molecule has 0 saturated heterocycles. The van der Waals surface area contributed by atoms with Gasteiger partial charge in [-0.15, -0.1) is 0 Å². The molecule has 1 N–H and O–H groups in total. The number of hydrogen-bond donors (Lipinski definition) is 1. The van der Waals surface area contributed by atoms with Crippen LogP contribution in [0.15, 0.2) is 65.1 Å². The van der Waals surface area contributed by atoms with E-state index in [1.165, 1.54) is 5.56 Å². The maximum Gasteiger partial charge on any atom is 0.259 e. The molecule has 5 nitrogen and oxygen atoms in total. The lowest BCUT2D eigenvalue weighted by Crippen LogP contribution is -2.13. The monoisotopic (exact) mass is 386 g/mol. The number of carbonyl (C=O) groups is 1. The molecule has 0 bridgehead atoms. The Morgan fingerprint density at radius 1 is 1.10 bits per heavy atom. The minimum atomic E-state index is -0.229. The average Bonchev–Trinajstić information content (AvgIpc) is 3.17. The fraction of sp³-hybridized carbons (Fsp3) is 0.167. The van der Waals surface area contributed by atoms with Crippen LogP contribution >= 0.6 is 0 Å². The number of para-hydroxylation sites is 1. The van der Waals surface area contributed by atoms with Crippen molar-refractivity contribution >= 4 is 22.7 Å². The van der Waals surface area contributed by atoms with Gasteiger partial charge in [0.05, 0.1) is 12.7 Å². The van der Waals surface area contributed by atoms with Crippen LogP contribution in [-0.4, -0.2) is 18.0 Å². The van der Waals surface area contributed by atoms with E-state index >= 15 is 0 Å². The molecular formula is C24H22N2O3. The summed E-state index contributed by atoms with van der Waals surface area (Å²) in [6.07, 6.45) is 0.947. The maximum atomic E-state index is 12.8. The zero-order valence-corrected chi connectivity index (χ0v) is 16.7. The molecule has 4 aromatic rings. The molecule has 0 fully saturated rings. The first kappa shape index (κ1) is 18.7. The SMILES string of the molecule is CCc1ccc2oc(-c3cccc(NC(=O)c4cccc(C)c4OC)c3)nc2c1. The second-order valence-corrected chi connectivity index (χ2v) is 6.87. The molecule has 0 aliphatic rings. The number of fused-ring (bicyclic) bond motifs is 1. The van der Waals surface area contributed by atoms with Gasteiger partial charge >= 0.3 is 0 Å². The van der Waals surface area contributed by atoms with Crippen LogP contribution in [-0.2, 0) is 6.42 Å². The first-order valence-electron chi connectivity index (χ1n) is 9.54. The summed E-state index contributed by atoms with van der Waals surface area (Å²) in [6, 6.07) is 19.0. The summed E-state index contributed by atoms with van der Waals surface area (Å²) in [6.45, 7) is 4.02. The molecule has 0 atom stereocenters. The molecule has 0 aliphatic carbocycles. The predicted octanol–water partition coefficient (Wildman–Crippen LogP) is 5.63. The Bertz CT molecular complexity index is 1190. The average molecular weight is 386 g/mol. The number of anilines is 1. The zero-order valence-electron chi connectivity index (χ0n) is 16.7. The standard InChI is InChI=1S/C24H22N2O3/c1-4-16-11-12-21-20(13-16)26-24(29-21)17-8-6-9-18(14-17)25-23(27)19-10-5-7-15(2)22(19)28-3/h5-14H,4H2,1-3H3,(H,25,27). The molecule has 0 saturated carbocycles. The third-order valence-corrected chi connectivity index (χ3v) is 4.89. The Balaban J connectivity index is 1.63. The second-order valence-electron chi connectivity index (χ2n) is 6.87. The normalized spacial score (nSPS) is 10.9. The molecule has 29 heavy (non-hydrogen) atoms. The lowest BCUT2D eigenvalue weighted by molar-refractivity contribution is 0.102. The van der Waals surface area contributed by atoms with Gasteiger partial charge in [-0.2, -0.15) is 0 Å². The number of benzene rings is 3. The summed E-state index contributed by atoms with van der Waals surface area (Å²) in [7, 11) is 1.57. The number of oxazole rings is 1. The molecule has 0 spiro atoms. The molecule has 0 aliphatic heterocycles. The van der Waals surface area contributed by atoms with E-state index < -0.39 is 0 Å². The highest BCUT2D eigenvalue weighted by atomic mass is 16.5. The first-order chi connectivity index (χ1) is 14.1. The molecule has 0 unspecified atom stereocenters. The highest BCUT2D eigenvalue weighted by Gasteiger charge is 2.15. The second kappa shape index (κ2) is 7.80. The summed E-state index contributed by atoms with van der Waals surface area (Å²) >= 11 is 0. The molecule has 1 aromatic heterocycles. The van der Waals surface area contributed by atoms with E-state index in [1.807, 2.05) is 61.5 Å². The van der Waals surface area contributed by atoms with E-state index in [2.05, 4.69) is 17.2 Å². The van der Waals surface area contributed by atoms with Gasteiger partial charge in [0.2, 0.25) is 5.89 Å². The van der Waals surface area contributed by atoms with E-state index in [0.29, 0.717) is 22.9 Å². The molecule has 1 heterocycles. The van der Waals surface area contributed by atoms with Crippen LogP contribution < -0.4 is 10.1 Å². The van der Waals surface area contributed by atoms with Crippen molar-refractivity contribution in [2.45, 2.75) is 20.3 Å². The van der Waals surface area contributed by atoms with Gasteiger partial charge < -0.3 is 14.5 Å². The summed E-state index contributed by atoms with van der Waals surface area (Å²) in [5, 5.41) is 2.93. The number of ether oxygens (including phenoxy) is 1. The van der Waals surface area contributed by atoms with Crippen LogP contribution in [0.2, 0.25) is 0 Å². The van der Waals surface area contributed by atoms with Crippen molar-refractivity contribution in [2.24, 2.45) is 0 Å². The highest BCUT2D eigenvalue weighted by Crippen LogP contribution is 2.28. The quantitative estimate of drug-likeness (QED) is 0.483. The van der Waals surface area contributed by atoms with Crippen LogP contribution in [0, 0.1) is 6.92 Å². The van der Waals surface area contributed by atoms with Crippen molar-refractivity contribution < 1.29 is 13.9 Å². The van der Waals surface area contributed by atoms with Gasteiger partial charge in [0.1, 0.15) is 11.3 Å². The van der Waals surface area contributed by atoms with E-state index in [-0.39, 0.29) is 5.91 Å². The minimum absolute atomic E-state index is 0.229. The fourth-order valence-corrected chi connectivity index (χ4v) is 3.35. The molecule has 1 amide bonds. The van der Waals surface area contributed by atoms with E-state index in [0.717, 1.165) is 28.6 Å². The first-order valence-corrected chi connectivity index (χ1v) is 9.54. The van der Waals surface area contributed by atoms with Gasteiger partial charge in [-0.1, -0.05) is 31.2 Å². The number of methoxy groups -OCH3 is 1. The van der Waals surface area contributed by atoms with Gasteiger partial charge in [-0.05, 0) is 60.9 Å². The van der Waals surface area contributed by atoms with Crippen molar-refractivity contribution in [2.75, 3.05) is 12.4 Å². The number of hydrogen-bond acceptors (Lipinski definition) is 4. The van der Waals surface area contributed by atoms with Crippen LogP contribution in [0.1, 0.15) is 28.4 Å². The summed E-state index contributed by atoms with van der Waals surface area (Å²) in [5.74, 6) is 0.872. The van der Waals surface area contributed by atoms with Crippen molar-refractivity contribution in [3.8, 4) is 17.2 Å². The number of nitrogens with one attached hydrogen (secondary N) is 1. The molecular weight excluding hydrogens is 364 g/mol. The number of aromatic nitrogens is 1. The van der Waals surface area contributed by atoms with Crippen molar-refractivity contribution in [3.05, 3.63) is 77.4 Å². The van der Waals surface area contributed by atoms with E-state index in [1.54, 1.807) is 13.2 Å². The molecule has 3 aromatic carbocycles. The van der Waals surface area contributed by atoms with Crippen LogP contribution in [0.5, 0.6) is 5.75 Å². The highest BCUT2D eigenvalue weighted by molar-refractivity contribution is 6.06. The molecule has 4 rings (SSSR count). The largest absolute Gasteiger partial charge is 0.496 e. The fourth-order valence-electron chi connectivity index (χ4n) is 3.35. The van der Waals surface area contributed by atoms with Crippen molar-refractivity contribution in [1.29, 1.82) is 0 Å². The lowest BCUT2D eigenvalue weighted by Gasteiger charge is -2.11. The van der Waals surface area contributed by atoms with Crippen LogP contribution in [0.4, 0.5) is 5.69 Å². The maximum absolute atomic E-state index is 12.8. The summed E-state index contributed by atoms with van der Waals surface area (Å²) < 4.78 is 11.3. The van der Waals surface area contributed by atoms with Gasteiger partial charge in [-0.3, -0.25) is 4.79 Å². The van der Waals surface area contributed by atoms with Crippen LogP contribution in [0.3, 0.4) is 0 Å². The smallest absolute Gasteiger partial charge is 0.259 e. The van der Waals surface area contributed by atoms with Crippen molar-refractivity contribution in [1.82, 2.24) is 4.98 Å². The number of aryl methyl sites for hydroxylation is 2. The Kier molecular flexibility index (Phi) is 5.04. The summed E-state index contributed by atoms with van der Waals surface area (Å²) in [5.41, 5.74) is 5.65. The number of nitrogens with zero attached hydrogens (tertiary/aromatic N) is 1. The Hall–Kier alpha value is -3.60. The Labute approximate surface area is 169 Å². The summed E-state index contributed by atoms with van der Waals surface area (Å²) in [4.78, 5) is 17.4. The molecule has 5 heteroatoms. The molecule has 0 radical (unpaired) electrons. The zero-order chi connectivity index (χ0) is 20.4. The Morgan fingerprint density at radius 3 is 2.72 bits per heavy atom.